The third-order valence-electron chi connectivity index (χ3n) is 3.10. The van der Waals surface area contributed by atoms with E-state index in [2.05, 4.69) is 15.5 Å². The molecule has 1 aliphatic heterocycles. The maximum absolute atomic E-state index is 11.2. The van der Waals surface area contributed by atoms with Crippen LogP contribution in [0.4, 0.5) is 0 Å². The van der Waals surface area contributed by atoms with E-state index in [4.69, 9.17) is 0 Å². The molecule has 0 radical (unpaired) electrons. The first-order chi connectivity index (χ1) is 7.83. The molecule has 2 aromatic rings. The van der Waals surface area contributed by atoms with Gasteiger partial charge in [-0.15, -0.1) is 0 Å². The van der Waals surface area contributed by atoms with Gasteiger partial charge in [0.15, 0.2) is 5.43 Å². The zero-order valence-corrected chi connectivity index (χ0v) is 8.94. The Hall–Kier alpha value is -1.62. The summed E-state index contributed by atoms with van der Waals surface area (Å²) in [5.74, 6) is 0.981. The van der Waals surface area contributed by atoms with Crippen LogP contribution in [0.3, 0.4) is 0 Å². The van der Waals surface area contributed by atoms with Crippen LogP contribution >= 0.6 is 0 Å². The predicted molar refractivity (Wildman–Crippen MR) is 60.5 cm³/mol. The molecule has 2 N–H and O–H groups in total. The average molecular weight is 218 g/mol. The van der Waals surface area contributed by atoms with E-state index in [0.717, 1.165) is 24.4 Å². The third-order valence-corrected chi connectivity index (χ3v) is 3.10. The molecule has 3 rings (SSSR count). The van der Waals surface area contributed by atoms with E-state index in [0.29, 0.717) is 6.04 Å². The van der Waals surface area contributed by atoms with Crippen LogP contribution < -0.4 is 10.7 Å². The van der Waals surface area contributed by atoms with Crippen molar-refractivity contribution in [3.8, 4) is 0 Å². The van der Waals surface area contributed by atoms with Gasteiger partial charge in [-0.05, 0) is 19.4 Å². The van der Waals surface area contributed by atoms with Crippen LogP contribution in [0.15, 0.2) is 23.1 Å². The molecule has 1 aliphatic rings. The zero-order chi connectivity index (χ0) is 11.0. The second kappa shape index (κ2) is 3.75. The number of aromatic amines is 1. The van der Waals surface area contributed by atoms with E-state index in [9.17, 15) is 4.79 Å². The van der Waals surface area contributed by atoms with Crippen LogP contribution in [0.2, 0.25) is 0 Å². The van der Waals surface area contributed by atoms with E-state index in [1.165, 1.54) is 12.8 Å². The molecule has 0 saturated carbocycles. The molecule has 16 heavy (non-hydrogen) atoms. The highest BCUT2D eigenvalue weighted by Crippen LogP contribution is 2.11. The average Bonchev–Trinajstić information content (AvgIpc) is 2.89. The van der Waals surface area contributed by atoms with Gasteiger partial charge >= 0.3 is 0 Å². The molecular weight excluding hydrogens is 204 g/mol. The van der Waals surface area contributed by atoms with E-state index in [1.807, 2.05) is 4.40 Å². The standard InChI is InChI=1S/C11H14N4O/c16-9-3-5-15-10(13-14-11(15)7-9)6-8-2-1-4-12-8/h3,5,7-8,12,14H,1-2,4,6H2. The molecular formula is C11H14N4O. The Balaban J connectivity index is 1.94. The minimum atomic E-state index is 0.00851. The number of nitrogens with one attached hydrogen (secondary N) is 2. The number of H-pyrrole nitrogens is 1. The molecule has 5 heteroatoms. The lowest BCUT2D eigenvalue weighted by Gasteiger charge is -2.07. The van der Waals surface area contributed by atoms with Crippen LogP contribution in [0, 0.1) is 0 Å². The number of rotatable bonds is 2. The van der Waals surface area contributed by atoms with Gasteiger partial charge in [-0.2, -0.15) is 5.10 Å². The van der Waals surface area contributed by atoms with Crippen molar-refractivity contribution in [1.82, 2.24) is 19.9 Å². The number of nitrogens with zero attached hydrogens (tertiary/aromatic N) is 2. The number of aromatic nitrogens is 3. The Morgan fingerprint density at radius 1 is 1.56 bits per heavy atom. The van der Waals surface area contributed by atoms with Crippen LogP contribution in [-0.4, -0.2) is 27.2 Å². The largest absolute Gasteiger partial charge is 0.314 e. The van der Waals surface area contributed by atoms with E-state index < -0.39 is 0 Å². The molecule has 84 valence electrons. The number of hydrogen-bond acceptors (Lipinski definition) is 3. The van der Waals surface area contributed by atoms with Crippen molar-refractivity contribution < 1.29 is 0 Å². The topological polar surface area (TPSA) is 62.2 Å². The highest BCUT2D eigenvalue weighted by Gasteiger charge is 2.17. The van der Waals surface area contributed by atoms with Crippen molar-refractivity contribution in [2.45, 2.75) is 25.3 Å². The molecule has 1 atom stereocenters. The summed E-state index contributed by atoms with van der Waals surface area (Å²) in [6.45, 7) is 1.10. The molecule has 5 nitrogen and oxygen atoms in total. The summed E-state index contributed by atoms with van der Waals surface area (Å²) < 4.78 is 1.95. The lowest BCUT2D eigenvalue weighted by atomic mass is 10.1. The third kappa shape index (κ3) is 1.63. The summed E-state index contributed by atoms with van der Waals surface area (Å²) in [5, 5.41) is 10.6. The second-order valence-corrected chi connectivity index (χ2v) is 4.25. The smallest absolute Gasteiger partial charge is 0.183 e. The summed E-state index contributed by atoms with van der Waals surface area (Å²) in [6, 6.07) is 3.65. The maximum Gasteiger partial charge on any atom is 0.183 e. The van der Waals surface area contributed by atoms with Gasteiger partial charge < -0.3 is 5.32 Å². The van der Waals surface area contributed by atoms with Gasteiger partial charge in [-0.25, -0.2) is 0 Å². The first-order valence-corrected chi connectivity index (χ1v) is 5.62. The lowest BCUT2D eigenvalue weighted by Crippen LogP contribution is -2.24. The van der Waals surface area contributed by atoms with Gasteiger partial charge in [0.1, 0.15) is 11.5 Å². The molecule has 3 heterocycles. The SMILES string of the molecule is O=c1ccn2c(CC3CCCN3)n[nH]c2c1. The fraction of sp³-hybridized carbons (Fsp3) is 0.455. The molecule has 2 aromatic heterocycles. The van der Waals surface area contributed by atoms with E-state index in [1.54, 1.807) is 18.3 Å². The lowest BCUT2D eigenvalue weighted by molar-refractivity contribution is 0.582. The molecule has 0 spiro atoms. The fourth-order valence-corrected chi connectivity index (χ4v) is 2.26. The van der Waals surface area contributed by atoms with Crippen molar-refractivity contribution in [1.29, 1.82) is 0 Å². The molecule has 0 aliphatic carbocycles. The van der Waals surface area contributed by atoms with Crippen molar-refractivity contribution in [3.63, 3.8) is 0 Å². The summed E-state index contributed by atoms with van der Waals surface area (Å²) in [5.41, 5.74) is 0.773. The Bertz CT molecular complexity index is 550. The molecule has 1 saturated heterocycles. The molecule has 1 fully saturated rings. The zero-order valence-electron chi connectivity index (χ0n) is 8.94. The summed E-state index contributed by atoms with van der Waals surface area (Å²) in [4.78, 5) is 11.2. The molecule has 0 aromatic carbocycles. The summed E-state index contributed by atoms with van der Waals surface area (Å²) in [6.07, 6.45) is 5.13. The van der Waals surface area contributed by atoms with Crippen LogP contribution in [0.5, 0.6) is 0 Å². The van der Waals surface area contributed by atoms with Crippen LogP contribution in [0.25, 0.3) is 5.65 Å². The minimum absolute atomic E-state index is 0.00851. The van der Waals surface area contributed by atoms with Crippen molar-refractivity contribution >= 4 is 5.65 Å². The quantitative estimate of drug-likeness (QED) is 0.763. The number of pyridine rings is 1. The Labute approximate surface area is 92.5 Å². The first kappa shape index (κ1) is 9.59. The highest BCUT2D eigenvalue weighted by molar-refractivity contribution is 5.37. The number of fused-ring (bicyclic) bond motifs is 1. The van der Waals surface area contributed by atoms with Gasteiger partial charge in [-0.3, -0.25) is 14.3 Å². The molecule has 0 amide bonds. The highest BCUT2D eigenvalue weighted by atomic mass is 16.1. The molecule has 1 unspecified atom stereocenters. The van der Waals surface area contributed by atoms with Crippen LogP contribution in [-0.2, 0) is 6.42 Å². The van der Waals surface area contributed by atoms with Crippen LogP contribution in [0.1, 0.15) is 18.7 Å². The Morgan fingerprint density at radius 3 is 3.31 bits per heavy atom. The van der Waals surface area contributed by atoms with Gasteiger partial charge in [0, 0.05) is 30.8 Å². The first-order valence-electron chi connectivity index (χ1n) is 5.62. The van der Waals surface area contributed by atoms with Gasteiger partial charge in [0.05, 0.1) is 0 Å². The summed E-state index contributed by atoms with van der Waals surface area (Å²) in [7, 11) is 0. The monoisotopic (exact) mass is 218 g/mol. The van der Waals surface area contributed by atoms with Gasteiger partial charge in [0.25, 0.3) is 0 Å². The van der Waals surface area contributed by atoms with Gasteiger partial charge in [0.2, 0.25) is 0 Å². The Morgan fingerprint density at radius 2 is 2.50 bits per heavy atom. The Kier molecular flexibility index (Phi) is 2.25. The second-order valence-electron chi connectivity index (χ2n) is 4.25. The van der Waals surface area contributed by atoms with E-state index in [-0.39, 0.29) is 5.43 Å². The van der Waals surface area contributed by atoms with E-state index >= 15 is 0 Å². The number of hydrogen-bond donors (Lipinski definition) is 2. The van der Waals surface area contributed by atoms with Gasteiger partial charge in [-0.1, -0.05) is 0 Å². The van der Waals surface area contributed by atoms with Crippen molar-refractivity contribution in [3.05, 3.63) is 34.4 Å². The summed E-state index contributed by atoms with van der Waals surface area (Å²) >= 11 is 0. The van der Waals surface area contributed by atoms with Crippen molar-refractivity contribution in [2.75, 3.05) is 6.54 Å². The predicted octanol–water partition coefficient (Wildman–Crippen LogP) is 0.317. The minimum Gasteiger partial charge on any atom is -0.314 e. The fourth-order valence-electron chi connectivity index (χ4n) is 2.26. The van der Waals surface area contributed by atoms with Crippen molar-refractivity contribution in [2.24, 2.45) is 0 Å². The molecule has 0 bridgehead atoms. The normalized spacial score (nSPS) is 20.6. The maximum atomic E-state index is 11.2.